The largest absolute Gasteiger partial charge is 0.490 e. The smallest absolute Gasteiger partial charge is 0.338 e. The van der Waals surface area contributed by atoms with Gasteiger partial charge in [0.15, 0.2) is 0 Å². The van der Waals surface area contributed by atoms with Crippen LogP contribution in [-0.4, -0.2) is 50.6 Å². The molecule has 2 aromatic carbocycles. The van der Waals surface area contributed by atoms with Gasteiger partial charge in [0.25, 0.3) is 0 Å². The number of esters is 3. The van der Waals surface area contributed by atoms with Crippen molar-refractivity contribution < 1.29 is 38.1 Å². The van der Waals surface area contributed by atoms with Crippen LogP contribution in [0.15, 0.2) is 77.7 Å². The number of hydrogen-bond acceptors (Lipinski definition) is 9. The molecule has 9 heteroatoms. The monoisotopic (exact) mass is 540 g/mol. The highest BCUT2D eigenvalue weighted by Crippen LogP contribution is 2.38. The average molecular weight is 541 g/mol. The summed E-state index contributed by atoms with van der Waals surface area (Å²) in [5.41, 5.74) is 2.45. The van der Waals surface area contributed by atoms with Crippen LogP contribution in [0.25, 0.3) is 11.1 Å². The molecule has 0 saturated carbocycles. The Morgan fingerprint density at radius 3 is 1.84 bits per heavy atom. The second kappa shape index (κ2) is 14.7. The van der Waals surface area contributed by atoms with E-state index in [1.807, 2.05) is 24.5 Å². The predicted molar refractivity (Wildman–Crippen MR) is 147 cm³/mol. The van der Waals surface area contributed by atoms with Gasteiger partial charge in [-0.2, -0.15) is 0 Å². The Labute approximate surface area is 227 Å². The van der Waals surface area contributed by atoms with Gasteiger partial charge in [-0.05, 0) is 56.9 Å². The summed E-state index contributed by atoms with van der Waals surface area (Å²) in [5.74, 6) is -0.0961. The first kappa shape index (κ1) is 30.2. The molecule has 202 valence electrons. The molecule has 0 spiro atoms. The first-order valence-corrected chi connectivity index (χ1v) is 12.9. The highest BCUT2D eigenvalue weighted by atomic mass is 32.2. The molecule has 0 aliphatic rings. The maximum absolute atomic E-state index is 12.0. The molecule has 0 aliphatic carbocycles. The molecule has 0 aromatic heterocycles. The van der Waals surface area contributed by atoms with E-state index in [1.165, 1.54) is 11.8 Å². The van der Waals surface area contributed by atoms with Gasteiger partial charge in [0.1, 0.15) is 43.7 Å². The molecule has 0 bridgehead atoms. The van der Waals surface area contributed by atoms with E-state index in [0.717, 1.165) is 16.0 Å². The molecular formula is C29H32O8S. The van der Waals surface area contributed by atoms with Crippen LogP contribution < -0.4 is 14.2 Å². The molecule has 0 unspecified atom stereocenters. The molecule has 0 saturated heterocycles. The lowest BCUT2D eigenvalue weighted by atomic mass is 10.0. The van der Waals surface area contributed by atoms with Crippen LogP contribution in [0.1, 0.15) is 20.8 Å². The van der Waals surface area contributed by atoms with Crippen LogP contribution in [0.5, 0.6) is 17.2 Å². The fourth-order valence-electron chi connectivity index (χ4n) is 2.88. The van der Waals surface area contributed by atoms with Gasteiger partial charge < -0.3 is 23.7 Å². The lowest BCUT2D eigenvalue weighted by Crippen LogP contribution is -2.13. The van der Waals surface area contributed by atoms with E-state index in [9.17, 15) is 14.4 Å². The maximum Gasteiger partial charge on any atom is 0.338 e. The molecule has 8 nitrogen and oxygen atoms in total. The van der Waals surface area contributed by atoms with E-state index >= 15 is 0 Å². The quantitative estimate of drug-likeness (QED) is 0.100. The predicted octanol–water partition coefficient (Wildman–Crippen LogP) is 5.55. The van der Waals surface area contributed by atoms with Crippen molar-refractivity contribution in [3.8, 4) is 28.4 Å². The summed E-state index contributed by atoms with van der Waals surface area (Å²) in [6.45, 7) is 15.7. The normalized spacial score (nSPS) is 10.2. The van der Waals surface area contributed by atoms with Crippen molar-refractivity contribution in [2.24, 2.45) is 0 Å². The zero-order valence-electron chi connectivity index (χ0n) is 22.1. The summed E-state index contributed by atoms with van der Waals surface area (Å²) >= 11 is 1.43. The van der Waals surface area contributed by atoms with Gasteiger partial charge in [0.05, 0.1) is 4.90 Å². The van der Waals surface area contributed by atoms with E-state index in [2.05, 4.69) is 19.7 Å². The molecule has 0 fully saturated rings. The topological polar surface area (TPSA) is 97.4 Å². The molecular weight excluding hydrogens is 508 g/mol. The zero-order chi connectivity index (χ0) is 28.2. The third-order valence-corrected chi connectivity index (χ3v) is 5.59. The van der Waals surface area contributed by atoms with Gasteiger partial charge >= 0.3 is 17.9 Å². The Morgan fingerprint density at radius 2 is 1.29 bits per heavy atom. The number of benzene rings is 2. The standard InChI is InChI=1S/C29H32O8S/c1-18(2)27(30)35-14-12-33-22-9-10-23(25(17-22)34-13-15-36-28(31)19(3)4)21-8-11-24(26(16-21)38-7)37-29(32)20(5)6/h8-11,16-17H,1,3,5,12-15H2,2,4,6-7H3. The number of rotatable bonds is 14. The highest BCUT2D eigenvalue weighted by molar-refractivity contribution is 7.98. The number of carbonyl (C=O) groups excluding carboxylic acids is 3. The lowest BCUT2D eigenvalue weighted by molar-refractivity contribution is -0.140. The Morgan fingerprint density at radius 1 is 0.711 bits per heavy atom. The van der Waals surface area contributed by atoms with Crippen LogP contribution >= 0.6 is 11.8 Å². The molecule has 0 radical (unpaired) electrons. The Kier molecular flexibility index (Phi) is 11.7. The van der Waals surface area contributed by atoms with E-state index in [0.29, 0.717) is 34.0 Å². The Bertz CT molecular complexity index is 1230. The minimum atomic E-state index is -0.503. The summed E-state index contributed by atoms with van der Waals surface area (Å²) in [4.78, 5) is 36.0. The first-order chi connectivity index (χ1) is 18.0. The second-order valence-corrected chi connectivity index (χ2v) is 9.07. The van der Waals surface area contributed by atoms with Crippen molar-refractivity contribution in [3.05, 3.63) is 72.9 Å². The summed E-state index contributed by atoms with van der Waals surface area (Å²) in [6, 6.07) is 10.7. The summed E-state index contributed by atoms with van der Waals surface area (Å²) in [5, 5.41) is 0. The molecule has 2 rings (SSSR count). The summed E-state index contributed by atoms with van der Waals surface area (Å²) < 4.78 is 27.3. The van der Waals surface area contributed by atoms with Crippen LogP contribution in [0.2, 0.25) is 0 Å². The highest BCUT2D eigenvalue weighted by Gasteiger charge is 2.15. The average Bonchev–Trinajstić information content (AvgIpc) is 2.88. The SMILES string of the molecule is C=C(C)C(=O)OCCOc1ccc(-c2ccc(OC(=O)C(=C)C)c(SC)c2)c(OCCOC(=O)C(=C)C)c1. The van der Waals surface area contributed by atoms with Crippen molar-refractivity contribution >= 4 is 29.7 Å². The Hall–Kier alpha value is -3.98. The summed E-state index contributed by atoms with van der Waals surface area (Å²) in [6.07, 6.45) is 1.88. The number of hydrogen-bond donors (Lipinski definition) is 0. The molecule has 0 heterocycles. The molecule has 2 aromatic rings. The van der Waals surface area contributed by atoms with Gasteiger partial charge in [-0.25, -0.2) is 14.4 Å². The Balaban J connectivity index is 2.26. The third kappa shape index (κ3) is 9.15. The number of carbonyl (C=O) groups is 3. The van der Waals surface area contributed by atoms with Crippen molar-refractivity contribution in [3.63, 3.8) is 0 Å². The van der Waals surface area contributed by atoms with E-state index in [1.54, 1.807) is 39.0 Å². The van der Waals surface area contributed by atoms with Gasteiger partial charge in [0.2, 0.25) is 0 Å². The van der Waals surface area contributed by atoms with Gasteiger partial charge in [-0.15, -0.1) is 11.8 Å². The molecule has 38 heavy (non-hydrogen) atoms. The zero-order valence-corrected chi connectivity index (χ0v) is 22.9. The van der Waals surface area contributed by atoms with E-state index < -0.39 is 17.9 Å². The lowest BCUT2D eigenvalue weighted by Gasteiger charge is -2.16. The van der Waals surface area contributed by atoms with Gasteiger partial charge in [-0.1, -0.05) is 25.8 Å². The molecule has 0 amide bonds. The maximum atomic E-state index is 12.0. The van der Waals surface area contributed by atoms with E-state index in [-0.39, 0.29) is 26.4 Å². The van der Waals surface area contributed by atoms with Crippen LogP contribution in [0, 0.1) is 0 Å². The fourth-order valence-corrected chi connectivity index (χ4v) is 3.44. The fraction of sp³-hybridized carbons (Fsp3) is 0.276. The molecule has 0 N–H and O–H groups in total. The molecule has 0 atom stereocenters. The number of ether oxygens (including phenoxy) is 5. The van der Waals surface area contributed by atoms with Crippen molar-refractivity contribution in [2.75, 3.05) is 32.7 Å². The molecule has 0 aliphatic heterocycles. The third-order valence-electron chi connectivity index (χ3n) is 4.84. The van der Waals surface area contributed by atoms with Crippen LogP contribution in [0.4, 0.5) is 0 Å². The van der Waals surface area contributed by atoms with Gasteiger partial charge in [0, 0.05) is 28.3 Å². The van der Waals surface area contributed by atoms with Crippen molar-refractivity contribution in [2.45, 2.75) is 25.7 Å². The van der Waals surface area contributed by atoms with Crippen molar-refractivity contribution in [1.82, 2.24) is 0 Å². The van der Waals surface area contributed by atoms with Crippen LogP contribution in [0.3, 0.4) is 0 Å². The van der Waals surface area contributed by atoms with Gasteiger partial charge in [-0.3, -0.25) is 0 Å². The van der Waals surface area contributed by atoms with E-state index in [4.69, 9.17) is 23.7 Å². The first-order valence-electron chi connectivity index (χ1n) is 11.6. The van der Waals surface area contributed by atoms with Crippen LogP contribution in [-0.2, 0) is 23.9 Å². The summed E-state index contributed by atoms with van der Waals surface area (Å²) in [7, 11) is 0. The van der Waals surface area contributed by atoms with Crippen molar-refractivity contribution in [1.29, 1.82) is 0 Å². The minimum absolute atomic E-state index is 0.0267. The number of thioether (sulfide) groups is 1. The second-order valence-electron chi connectivity index (χ2n) is 8.22. The minimum Gasteiger partial charge on any atom is -0.490 e.